The molecule has 0 bridgehead atoms. The minimum Gasteiger partial charge on any atom is -0.460 e. The van der Waals surface area contributed by atoms with Crippen molar-refractivity contribution in [1.29, 1.82) is 0 Å². The summed E-state index contributed by atoms with van der Waals surface area (Å²) in [5.41, 5.74) is 2.12. The Morgan fingerprint density at radius 2 is 1.67 bits per heavy atom. The van der Waals surface area contributed by atoms with Crippen molar-refractivity contribution in [3.8, 4) is 11.4 Å². The monoisotopic (exact) mass is 656 g/mol. The smallest absolute Gasteiger partial charge is 0.407 e. The van der Waals surface area contributed by atoms with E-state index in [1.54, 1.807) is 12.4 Å². The zero-order valence-corrected chi connectivity index (χ0v) is 28.9. The van der Waals surface area contributed by atoms with Gasteiger partial charge in [0.2, 0.25) is 5.95 Å². The number of aromatic amines is 1. The summed E-state index contributed by atoms with van der Waals surface area (Å²) in [7, 11) is 0. The average Bonchev–Trinajstić information content (AvgIpc) is 3.44. The van der Waals surface area contributed by atoms with Crippen LogP contribution in [0.3, 0.4) is 0 Å². The molecule has 1 fully saturated rings. The molecule has 4 aromatic rings. The summed E-state index contributed by atoms with van der Waals surface area (Å²) >= 11 is 0. The van der Waals surface area contributed by atoms with Crippen LogP contribution in [0.1, 0.15) is 97.4 Å². The number of alkyl carbamates (subject to hydrolysis) is 1. The predicted molar refractivity (Wildman–Crippen MR) is 184 cm³/mol. The molecule has 0 spiro atoms. The lowest BCUT2D eigenvalue weighted by atomic mass is 9.84. The molecule has 48 heavy (non-hydrogen) atoms. The molecule has 1 aromatic carbocycles. The third-order valence-corrected chi connectivity index (χ3v) is 8.19. The first-order valence-electron chi connectivity index (χ1n) is 16.8. The maximum atomic E-state index is 12.3. The molecule has 0 radical (unpaired) electrons. The Bertz CT molecular complexity index is 1670. The summed E-state index contributed by atoms with van der Waals surface area (Å²) in [5.74, 6) is 1.51. The number of hydrogen-bond donors (Lipinski definition) is 3. The molecule has 1 unspecified atom stereocenters. The van der Waals surface area contributed by atoms with Crippen molar-refractivity contribution >= 4 is 29.0 Å². The highest BCUT2D eigenvalue weighted by atomic mass is 16.6. The van der Waals surface area contributed by atoms with Gasteiger partial charge in [0.15, 0.2) is 5.65 Å². The molecule has 1 aliphatic carbocycles. The number of esters is 1. The number of hydrogen-bond acceptors (Lipinski definition) is 10. The maximum Gasteiger partial charge on any atom is 0.407 e. The lowest BCUT2D eigenvalue weighted by Crippen LogP contribution is -2.33. The Labute approximate surface area is 282 Å². The molecular weight excluding hydrogens is 608 g/mol. The number of carbonyl (C=O) groups excluding carboxylic acids is 2. The van der Waals surface area contributed by atoms with E-state index in [1.165, 1.54) is 0 Å². The van der Waals surface area contributed by atoms with E-state index in [2.05, 4.69) is 47.9 Å². The van der Waals surface area contributed by atoms with Crippen molar-refractivity contribution < 1.29 is 19.1 Å². The largest absolute Gasteiger partial charge is 0.460 e. The molecular formula is C36H48N8O4. The number of ether oxygens (including phenoxy) is 2. The second-order valence-corrected chi connectivity index (χ2v) is 14.6. The molecule has 256 valence electrons. The number of amides is 1. The Morgan fingerprint density at radius 3 is 2.38 bits per heavy atom. The number of fused-ring (bicyclic) bond motifs is 1. The Morgan fingerprint density at radius 1 is 0.938 bits per heavy atom. The molecule has 5 rings (SSSR count). The molecule has 1 saturated carbocycles. The first kappa shape index (κ1) is 34.7. The minimum absolute atomic E-state index is 0.0826. The predicted octanol–water partition coefficient (Wildman–Crippen LogP) is 6.75. The van der Waals surface area contributed by atoms with Crippen LogP contribution in [0.5, 0.6) is 0 Å². The van der Waals surface area contributed by atoms with Crippen LogP contribution in [0.25, 0.3) is 22.4 Å². The van der Waals surface area contributed by atoms with E-state index >= 15 is 0 Å². The fourth-order valence-corrected chi connectivity index (χ4v) is 6.01. The molecule has 12 nitrogen and oxygen atoms in total. The topological polar surface area (TPSA) is 157 Å². The molecule has 0 saturated heterocycles. The molecule has 3 heterocycles. The van der Waals surface area contributed by atoms with Gasteiger partial charge in [0.1, 0.15) is 17.0 Å². The molecule has 1 atom stereocenters. The van der Waals surface area contributed by atoms with Crippen LogP contribution in [-0.4, -0.2) is 66.0 Å². The summed E-state index contributed by atoms with van der Waals surface area (Å²) in [6.45, 7) is 11.7. The number of benzene rings is 1. The van der Waals surface area contributed by atoms with E-state index < -0.39 is 17.3 Å². The Hall–Kier alpha value is -4.61. The van der Waals surface area contributed by atoms with Crippen LogP contribution < -0.4 is 10.6 Å². The molecule has 3 aromatic heterocycles. The lowest BCUT2D eigenvalue weighted by molar-refractivity contribution is -0.156. The van der Waals surface area contributed by atoms with Crippen molar-refractivity contribution in [2.45, 2.75) is 110 Å². The van der Waals surface area contributed by atoms with E-state index in [1.807, 2.05) is 65.8 Å². The highest BCUT2D eigenvalue weighted by molar-refractivity contribution is 5.89. The number of carbonyl (C=O) groups is 2. The average molecular weight is 657 g/mol. The van der Waals surface area contributed by atoms with Gasteiger partial charge in [-0.3, -0.25) is 9.89 Å². The second-order valence-electron chi connectivity index (χ2n) is 14.6. The number of anilines is 1. The van der Waals surface area contributed by atoms with Crippen LogP contribution in [-0.2, 0) is 20.7 Å². The zero-order valence-electron chi connectivity index (χ0n) is 28.9. The minimum atomic E-state index is -0.553. The molecule has 3 N–H and O–H groups in total. The lowest BCUT2D eigenvalue weighted by Gasteiger charge is -2.29. The molecule has 12 heteroatoms. The van der Waals surface area contributed by atoms with Crippen LogP contribution in [0.15, 0.2) is 48.8 Å². The van der Waals surface area contributed by atoms with Crippen molar-refractivity contribution in [2.75, 3.05) is 11.9 Å². The quantitative estimate of drug-likeness (QED) is 0.148. The second kappa shape index (κ2) is 15.1. The summed E-state index contributed by atoms with van der Waals surface area (Å²) < 4.78 is 10.9. The van der Waals surface area contributed by atoms with Crippen LogP contribution in [0.4, 0.5) is 10.7 Å². The van der Waals surface area contributed by atoms with Crippen molar-refractivity contribution in [2.24, 2.45) is 5.92 Å². The zero-order chi connectivity index (χ0) is 34.3. The van der Waals surface area contributed by atoms with E-state index in [0.717, 1.165) is 42.3 Å². The van der Waals surface area contributed by atoms with Gasteiger partial charge in [0.05, 0.1) is 16.8 Å². The number of nitrogens with zero attached hydrogens (tertiary/aromatic N) is 5. The van der Waals surface area contributed by atoms with Crippen LogP contribution >= 0.6 is 0 Å². The van der Waals surface area contributed by atoms with Gasteiger partial charge in [0.25, 0.3) is 0 Å². The Kier molecular flexibility index (Phi) is 10.9. The van der Waals surface area contributed by atoms with E-state index in [9.17, 15) is 9.59 Å². The van der Waals surface area contributed by atoms with Gasteiger partial charge in [-0.15, -0.1) is 0 Å². The first-order chi connectivity index (χ1) is 22.8. The SMILES string of the molecule is CC(C)(C)OC(=O)CC1CCC(Nc2ncc3c(-c4ccnc(CC(CCNC(=O)OC(C)(C)C)c5ccccc5)n4)[nH]nc3n2)CC1. The van der Waals surface area contributed by atoms with E-state index in [-0.39, 0.29) is 17.9 Å². The Balaban J connectivity index is 1.21. The van der Waals surface area contributed by atoms with E-state index in [4.69, 9.17) is 14.5 Å². The van der Waals surface area contributed by atoms with Crippen LogP contribution in [0, 0.1) is 5.92 Å². The summed E-state index contributed by atoms with van der Waals surface area (Å²) in [6, 6.07) is 12.3. The van der Waals surface area contributed by atoms with Gasteiger partial charge >= 0.3 is 12.1 Å². The number of H-pyrrole nitrogens is 1. The third-order valence-electron chi connectivity index (χ3n) is 8.19. The maximum absolute atomic E-state index is 12.3. The van der Waals surface area contributed by atoms with Crippen molar-refractivity contribution in [1.82, 2.24) is 35.5 Å². The molecule has 1 amide bonds. The molecule has 0 aliphatic heterocycles. The first-order valence-corrected chi connectivity index (χ1v) is 16.8. The highest BCUT2D eigenvalue weighted by Crippen LogP contribution is 2.30. The van der Waals surface area contributed by atoms with Gasteiger partial charge in [-0.25, -0.2) is 19.7 Å². The highest BCUT2D eigenvalue weighted by Gasteiger charge is 2.26. The number of aromatic nitrogens is 6. The van der Waals surface area contributed by atoms with Gasteiger partial charge in [-0.05, 0) is 97.1 Å². The van der Waals surface area contributed by atoms with Crippen molar-refractivity contribution in [3.63, 3.8) is 0 Å². The standard InChI is InChI=1S/C36H48N8O4/c1-35(2,3)47-30(45)20-23-12-14-26(15-13-23)40-33-39-22-27-31(43-44-32(27)42-33)28-17-19-37-29(41-28)21-25(24-10-8-7-9-11-24)16-18-38-34(46)48-36(4,5)6/h7-11,17,19,22-23,25-26H,12-16,18,20-21H2,1-6H3,(H,38,46)(H2,39,40,42,43,44). The van der Waals surface area contributed by atoms with Crippen LogP contribution in [0.2, 0.25) is 0 Å². The molecule has 1 aliphatic rings. The fourth-order valence-electron chi connectivity index (χ4n) is 6.01. The van der Waals surface area contributed by atoms with E-state index in [0.29, 0.717) is 54.8 Å². The summed E-state index contributed by atoms with van der Waals surface area (Å²) in [4.78, 5) is 43.2. The number of nitrogens with one attached hydrogen (secondary N) is 3. The van der Waals surface area contributed by atoms with Gasteiger partial charge in [-0.1, -0.05) is 30.3 Å². The van der Waals surface area contributed by atoms with Gasteiger partial charge < -0.3 is 20.1 Å². The fraction of sp³-hybridized carbons (Fsp3) is 0.528. The van der Waals surface area contributed by atoms with Crippen molar-refractivity contribution in [3.05, 3.63) is 60.2 Å². The third kappa shape index (κ3) is 10.2. The number of rotatable bonds is 11. The normalized spacial score (nSPS) is 17.5. The van der Waals surface area contributed by atoms with Gasteiger partial charge in [-0.2, -0.15) is 10.1 Å². The summed E-state index contributed by atoms with van der Waals surface area (Å²) in [5, 5.41) is 14.7. The van der Waals surface area contributed by atoms with Gasteiger partial charge in [0, 0.05) is 37.8 Å². The summed E-state index contributed by atoms with van der Waals surface area (Å²) in [6.07, 6.45) is 8.61.